The van der Waals surface area contributed by atoms with Crippen molar-refractivity contribution < 1.29 is 38.4 Å². The maximum atomic E-state index is 12.8. The highest BCUT2D eigenvalue weighted by Crippen LogP contribution is 2.42. The Balaban J connectivity index is 1.13. The Hall–Kier alpha value is -4.94. The molecule has 2 aliphatic heterocycles. The molecule has 3 N–H and O–H groups in total. The number of benzene rings is 4. The zero-order chi connectivity index (χ0) is 37.3. The summed E-state index contributed by atoms with van der Waals surface area (Å²) in [5.41, 5.74) is 7.00. The van der Waals surface area contributed by atoms with Crippen LogP contribution in [0.5, 0.6) is 11.5 Å². The molecule has 0 saturated carbocycles. The number of carbonyl (C=O) groups excluding carboxylic acids is 2. The van der Waals surface area contributed by atoms with E-state index in [1.807, 2.05) is 78.9 Å². The maximum Gasteiger partial charge on any atom is 0.328 e. The number of amides is 2. The molecule has 53 heavy (non-hydrogen) atoms. The van der Waals surface area contributed by atoms with Crippen LogP contribution in [0.3, 0.4) is 0 Å². The van der Waals surface area contributed by atoms with E-state index >= 15 is 0 Å². The normalized spacial score (nSPS) is 20.5. The summed E-state index contributed by atoms with van der Waals surface area (Å²) >= 11 is 0. The highest BCUT2D eigenvalue weighted by molar-refractivity contribution is 5.83. The number of hydrogen-bond acceptors (Lipinski definition) is 9. The van der Waals surface area contributed by atoms with Crippen LogP contribution in [0.1, 0.15) is 58.3 Å². The first-order valence-electron chi connectivity index (χ1n) is 18.0. The standard InChI is InChI=1S/C42H49N3O8/c1-27-38(25-45-19-18-33-21-36(49-2)37(50-3)22-34(33)24-45)52-41(53-39(27)31-14-12-30(26-46)13-15-31)32-16-10-29(11-17-32)23-43-42(48)44-35(40(47)51-4)20-28-8-6-5-7-9-28/h5-17,21-22,27,35,38-39,41,46H,18-20,23-26H2,1-4H3,(H2,43,44,48)/t27-,35-,38+,39+,41+/m0/s1. The summed E-state index contributed by atoms with van der Waals surface area (Å²) < 4.78 is 29.5. The van der Waals surface area contributed by atoms with E-state index in [4.69, 9.17) is 23.7 Å². The molecule has 280 valence electrons. The summed E-state index contributed by atoms with van der Waals surface area (Å²) in [7, 11) is 4.63. The van der Waals surface area contributed by atoms with Crippen LogP contribution >= 0.6 is 0 Å². The van der Waals surface area contributed by atoms with E-state index in [0.717, 1.165) is 58.8 Å². The van der Waals surface area contributed by atoms with Crippen LogP contribution in [0.2, 0.25) is 0 Å². The molecule has 1 saturated heterocycles. The van der Waals surface area contributed by atoms with Crippen LogP contribution in [0.25, 0.3) is 0 Å². The van der Waals surface area contributed by atoms with Crippen molar-refractivity contribution in [3.63, 3.8) is 0 Å². The Bertz CT molecular complexity index is 1820. The molecular weight excluding hydrogens is 674 g/mol. The quantitative estimate of drug-likeness (QED) is 0.151. The summed E-state index contributed by atoms with van der Waals surface area (Å²) in [5, 5.41) is 15.2. The number of aliphatic hydroxyl groups excluding tert-OH is 1. The Morgan fingerprint density at radius 1 is 0.849 bits per heavy atom. The van der Waals surface area contributed by atoms with Crippen LogP contribution in [-0.4, -0.2) is 68.6 Å². The van der Waals surface area contributed by atoms with Crippen LogP contribution < -0.4 is 20.1 Å². The second-order valence-electron chi connectivity index (χ2n) is 13.6. The van der Waals surface area contributed by atoms with Crippen LogP contribution in [0.4, 0.5) is 4.79 Å². The van der Waals surface area contributed by atoms with Gasteiger partial charge in [-0.1, -0.05) is 85.8 Å². The molecule has 11 heteroatoms. The zero-order valence-electron chi connectivity index (χ0n) is 30.7. The van der Waals surface area contributed by atoms with E-state index in [-0.39, 0.29) is 31.3 Å². The molecule has 5 atom stereocenters. The number of esters is 1. The van der Waals surface area contributed by atoms with E-state index < -0.39 is 24.3 Å². The van der Waals surface area contributed by atoms with Gasteiger partial charge in [-0.25, -0.2) is 9.59 Å². The third-order valence-electron chi connectivity index (χ3n) is 10.1. The fourth-order valence-corrected chi connectivity index (χ4v) is 7.05. The largest absolute Gasteiger partial charge is 0.493 e. The van der Waals surface area contributed by atoms with Gasteiger partial charge in [0.2, 0.25) is 0 Å². The summed E-state index contributed by atoms with van der Waals surface area (Å²) in [4.78, 5) is 27.6. The van der Waals surface area contributed by atoms with Gasteiger partial charge in [0.1, 0.15) is 6.04 Å². The first-order chi connectivity index (χ1) is 25.8. The van der Waals surface area contributed by atoms with Gasteiger partial charge in [-0.15, -0.1) is 0 Å². The molecule has 6 rings (SSSR count). The minimum absolute atomic E-state index is 0.0226. The third-order valence-corrected chi connectivity index (χ3v) is 10.1. The molecule has 0 spiro atoms. The number of ether oxygens (including phenoxy) is 5. The van der Waals surface area contributed by atoms with Crippen molar-refractivity contribution in [3.05, 3.63) is 130 Å². The lowest BCUT2D eigenvalue weighted by Crippen LogP contribution is -2.47. The second kappa shape index (κ2) is 17.7. The van der Waals surface area contributed by atoms with Gasteiger partial charge in [-0.3, -0.25) is 4.90 Å². The maximum absolute atomic E-state index is 12.8. The average Bonchev–Trinajstić information content (AvgIpc) is 3.20. The molecule has 0 bridgehead atoms. The van der Waals surface area contributed by atoms with Gasteiger partial charge in [-0.05, 0) is 51.9 Å². The smallest absolute Gasteiger partial charge is 0.328 e. The predicted molar refractivity (Wildman–Crippen MR) is 199 cm³/mol. The summed E-state index contributed by atoms with van der Waals surface area (Å²) in [6.45, 7) is 4.77. The first-order valence-corrected chi connectivity index (χ1v) is 18.0. The van der Waals surface area contributed by atoms with Crippen molar-refractivity contribution in [2.75, 3.05) is 34.4 Å². The number of aliphatic hydroxyl groups is 1. The molecule has 0 radical (unpaired) electrons. The average molecular weight is 724 g/mol. The Morgan fingerprint density at radius 3 is 2.17 bits per heavy atom. The van der Waals surface area contributed by atoms with Gasteiger partial charge in [0.25, 0.3) is 0 Å². The first kappa shape index (κ1) is 37.8. The number of rotatable bonds is 13. The minimum atomic E-state index is -0.820. The summed E-state index contributed by atoms with van der Waals surface area (Å²) in [5.74, 6) is 0.996. The van der Waals surface area contributed by atoms with Gasteiger partial charge in [0, 0.05) is 44.1 Å². The highest BCUT2D eigenvalue weighted by atomic mass is 16.7. The predicted octanol–water partition coefficient (Wildman–Crippen LogP) is 5.63. The number of carbonyl (C=O) groups is 2. The molecule has 0 aliphatic carbocycles. The van der Waals surface area contributed by atoms with E-state index in [2.05, 4.69) is 34.6 Å². The molecule has 2 aliphatic rings. The lowest BCUT2D eigenvalue weighted by molar-refractivity contribution is -0.276. The van der Waals surface area contributed by atoms with Crippen LogP contribution in [0.15, 0.2) is 91.0 Å². The van der Waals surface area contributed by atoms with Gasteiger partial charge in [-0.2, -0.15) is 0 Å². The molecule has 1 fully saturated rings. The third kappa shape index (κ3) is 9.36. The van der Waals surface area contributed by atoms with E-state index in [9.17, 15) is 14.7 Å². The monoisotopic (exact) mass is 723 g/mol. The zero-order valence-corrected chi connectivity index (χ0v) is 30.7. The van der Waals surface area contributed by atoms with Gasteiger partial charge in [0.05, 0.1) is 40.1 Å². The van der Waals surface area contributed by atoms with Crippen molar-refractivity contribution in [1.29, 1.82) is 0 Å². The molecule has 4 aromatic carbocycles. The topological polar surface area (TPSA) is 128 Å². The molecule has 0 unspecified atom stereocenters. The lowest BCUT2D eigenvalue weighted by atomic mass is 9.89. The molecule has 2 amide bonds. The summed E-state index contributed by atoms with van der Waals surface area (Å²) in [6.07, 6.45) is 0.216. The molecule has 11 nitrogen and oxygen atoms in total. The summed E-state index contributed by atoms with van der Waals surface area (Å²) in [6, 6.07) is 28.0. The fourth-order valence-electron chi connectivity index (χ4n) is 7.05. The van der Waals surface area contributed by atoms with E-state index in [1.165, 1.54) is 18.2 Å². The number of nitrogens with one attached hydrogen (secondary N) is 2. The van der Waals surface area contributed by atoms with Gasteiger partial charge in [0.15, 0.2) is 17.8 Å². The Kier molecular flexibility index (Phi) is 12.6. The number of nitrogens with zero attached hydrogens (tertiary/aromatic N) is 1. The number of fused-ring (bicyclic) bond motifs is 1. The molecule has 2 heterocycles. The Morgan fingerprint density at radius 2 is 1.51 bits per heavy atom. The van der Waals surface area contributed by atoms with Gasteiger partial charge < -0.3 is 39.4 Å². The molecule has 4 aromatic rings. The fraction of sp³-hybridized carbons (Fsp3) is 0.381. The van der Waals surface area contributed by atoms with Crippen molar-refractivity contribution in [3.8, 4) is 11.5 Å². The number of hydrogen-bond donors (Lipinski definition) is 3. The molecular formula is C42H49N3O8. The number of urea groups is 1. The Labute approximate surface area is 311 Å². The SMILES string of the molecule is COC(=O)[C@H](Cc1ccccc1)NC(=O)NCc1ccc([C@@H]2O[C@H](CN3CCc4cc(OC)c(OC)cc4C3)[C@H](C)[C@H](c3ccc(CO)cc3)O2)cc1. The lowest BCUT2D eigenvalue weighted by Gasteiger charge is -2.43. The minimum Gasteiger partial charge on any atom is -0.493 e. The van der Waals surface area contributed by atoms with E-state index in [0.29, 0.717) is 13.0 Å². The van der Waals surface area contributed by atoms with Gasteiger partial charge >= 0.3 is 12.0 Å². The molecule has 0 aromatic heterocycles. The highest BCUT2D eigenvalue weighted by Gasteiger charge is 2.39. The van der Waals surface area contributed by atoms with Crippen LogP contribution in [-0.2, 0) is 51.5 Å². The van der Waals surface area contributed by atoms with Crippen molar-refractivity contribution >= 4 is 12.0 Å². The van der Waals surface area contributed by atoms with Crippen molar-refractivity contribution in [1.82, 2.24) is 15.5 Å². The van der Waals surface area contributed by atoms with Crippen LogP contribution in [0, 0.1) is 5.92 Å². The second-order valence-corrected chi connectivity index (χ2v) is 13.6. The van der Waals surface area contributed by atoms with E-state index in [1.54, 1.807) is 14.2 Å². The number of methoxy groups -OCH3 is 3. The van der Waals surface area contributed by atoms with Crippen molar-refractivity contribution in [2.24, 2.45) is 5.92 Å². The van der Waals surface area contributed by atoms with Crippen molar-refractivity contribution in [2.45, 2.75) is 64.0 Å².